The van der Waals surface area contributed by atoms with E-state index in [1.54, 1.807) is 0 Å². The third-order valence-electron chi connectivity index (χ3n) is 3.45. The second-order valence-corrected chi connectivity index (χ2v) is 4.82. The maximum Gasteiger partial charge on any atom is 0.326 e. The molecule has 2 rings (SSSR count). The van der Waals surface area contributed by atoms with Crippen LogP contribution >= 0.6 is 0 Å². The first-order valence-electron chi connectivity index (χ1n) is 6.21. The van der Waals surface area contributed by atoms with Gasteiger partial charge in [0.2, 0.25) is 5.91 Å². The minimum Gasteiger partial charge on any atom is -0.480 e. The standard InChI is InChI=1S/C11H19N3O4/c15-8-5-9(11(17)18)14(6-8)10(16)7-13-3-1-12-2-4-13/h8-9,12,15H,1-7H2,(H,17,18)/t8-,9+/m1/s1. The average molecular weight is 257 g/mol. The van der Waals surface area contributed by atoms with Gasteiger partial charge in [0.25, 0.3) is 0 Å². The Balaban J connectivity index is 1.92. The molecule has 2 saturated heterocycles. The highest BCUT2D eigenvalue weighted by atomic mass is 16.4. The van der Waals surface area contributed by atoms with Gasteiger partial charge in [-0.2, -0.15) is 0 Å². The number of aliphatic hydroxyl groups excluding tert-OH is 1. The van der Waals surface area contributed by atoms with Crippen LogP contribution in [0, 0.1) is 0 Å². The molecule has 0 radical (unpaired) electrons. The number of aliphatic carboxylic acids is 1. The van der Waals surface area contributed by atoms with Crippen LogP contribution in [-0.2, 0) is 9.59 Å². The molecule has 0 aromatic carbocycles. The van der Waals surface area contributed by atoms with Crippen LogP contribution in [0.3, 0.4) is 0 Å². The number of likely N-dealkylation sites (tertiary alicyclic amines) is 1. The summed E-state index contributed by atoms with van der Waals surface area (Å²) in [6.45, 7) is 3.64. The minimum absolute atomic E-state index is 0.127. The van der Waals surface area contributed by atoms with Crippen LogP contribution in [0.1, 0.15) is 6.42 Å². The quantitative estimate of drug-likeness (QED) is 0.538. The van der Waals surface area contributed by atoms with Gasteiger partial charge in [-0.25, -0.2) is 4.79 Å². The molecule has 2 heterocycles. The number of carbonyl (C=O) groups excluding carboxylic acids is 1. The van der Waals surface area contributed by atoms with Gasteiger partial charge in [-0.3, -0.25) is 9.69 Å². The summed E-state index contributed by atoms with van der Waals surface area (Å²) in [6, 6.07) is -0.879. The Hall–Kier alpha value is -1.18. The van der Waals surface area contributed by atoms with Crippen LogP contribution in [0.2, 0.25) is 0 Å². The zero-order valence-electron chi connectivity index (χ0n) is 10.2. The van der Waals surface area contributed by atoms with E-state index in [1.165, 1.54) is 4.90 Å². The summed E-state index contributed by atoms with van der Waals surface area (Å²) in [4.78, 5) is 26.4. The first-order valence-corrected chi connectivity index (χ1v) is 6.21. The maximum atomic E-state index is 12.1. The zero-order valence-corrected chi connectivity index (χ0v) is 10.2. The Morgan fingerprint density at radius 1 is 1.28 bits per heavy atom. The Labute approximate surface area is 105 Å². The van der Waals surface area contributed by atoms with Gasteiger partial charge in [-0.05, 0) is 0 Å². The molecule has 0 aromatic heterocycles. The van der Waals surface area contributed by atoms with Crippen LogP contribution in [0.4, 0.5) is 0 Å². The first-order chi connectivity index (χ1) is 8.58. The number of hydrogen-bond donors (Lipinski definition) is 3. The Kier molecular flexibility index (Phi) is 4.15. The van der Waals surface area contributed by atoms with Crippen LogP contribution in [0.25, 0.3) is 0 Å². The highest BCUT2D eigenvalue weighted by molar-refractivity contribution is 5.85. The van der Waals surface area contributed by atoms with E-state index in [4.69, 9.17) is 5.11 Å². The number of piperazine rings is 1. The number of rotatable bonds is 3. The zero-order chi connectivity index (χ0) is 13.1. The number of carbonyl (C=O) groups is 2. The van der Waals surface area contributed by atoms with Gasteiger partial charge < -0.3 is 20.4 Å². The van der Waals surface area contributed by atoms with Crippen LogP contribution in [0.5, 0.6) is 0 Å². The summed E-state index contributed by atoms with van der Waals surface area (Å²) in [5.41, 5.74) is 0. The summed E-state index contributed by atoms with van der Waals surface area (Å²) < 4.78 is 0. The number of nitrogens with zero attached hydrogens (tertiary/aromatic N) is 2. The van der Waals surface area contributed by atoms with Crippen molar-refractivity contribution in [1.82, 2.24) is 15.1 Å². The molecule has 3 N–H and O–H groups in total. The van der Waals surface area contributed by atoms with E-state index < -0.39 is 18.1 Å². The van der Waals surface area contributed by atoms with Gasteiger partial charge in [0.05, 0.1) is 12.6 Å². The molecular formula is C11H19N3O4. The van der Waals surface area contributed by atoms with Gasteiger partial charge in [0.15, 0.2) is 0 Å². The van der Waals surface area contributed by atoms with Gasteiger partial charge >= 0.3 is 5.97 Å². The van der Waals surface area contributed by atoms with E-state index in [2.05, 4.69) is 5.32 Å². The lowest BCUT2D eigenvalue weighted by molar-refractivity contribution is -0.148. The molecule has 0 unspecified atom stereocenters. The van der Waals surface area contributed by atoms with E-state index in [0.29, 0.717) is 0 Å². The number of β-amino-alcohol motifs (C(OH)–C–C–N with tert-alkyl or cyclic N) is 1. The van der Waals surface area contributed by atoms with Gasteiger partial charge in [-0.15, -0.1) is 0 Å². The van der Waals surface area contributed by atoms with E-state index >= 15 is 0 Å². The molecule has 102 valence electrons. The lowest BCUT2D eigenvalue weighted by atomic mass is 10.2. The summed E-state index contributed by atoms with van der Waals surface area (Å²) in [5.74, 6) is -1.25. The molecule has 18 heavy (non-hydrogen) atoms. The maximum absolute atomic E-state index is 12.1. The molecule has 7 nitrogen and oxygen atoms in total. The van der Waals surface area contributed by atoms with Crippen molar-refractivity contribution in [2.45, 2.75) is 18.6 Å². The molecule has 2 fully saturated rings. The molecule has 1 amide bonds. The molecule has 0 aromatic rings. The van der Waals surface area contributed by atoms with Crippen molar-refractivity contribution < 1.29 is 19.8 Å². The van der Waals surface area contributed by atoms with E-state index in [-0.39, 0.29) is 25.4 Å². The summed E-state index contributed by atoms with van der Waals surface area (Å²) in [5, 5.41) is 21.7. The van der Waals surface area contributed by atoms with Crippen molar-refractivity contribution >= 4 is 11.9 Å². The van der Waals surface area contributed by atoms with Crippen molar-refractivity contribution in [3.63, 3.8) is 0 Å². The summed E-state index contributed by atoms with van der Waals surface area (Å²) >= 11 is 0. The number of carboxylic acids is 1. The normalized spacial score (nSPS) is 29.5. The van der Waals surface area contributed by atoms with E-state index in [9.17, 15) is 14.7 Å². The molecule has 0 spiro atoms. The third-order valence-corrected chi connectivity index (χ3v) is 3.45. The largest absolute Gasteiger partial charge is 0.480 e. The first kappa shape index (κ1) is 13.3. The van der Waals surface area contributed by atoms with Crippen LogP contribution in [0.15, 0.2) is 0 Å². The minimum atomic E-state index is -1.04. The summed E-state index contributed by atoms with van der Waals surface area (Å²) in [7, 11) is 0. The van der Waals surface area contributed by atoms with Crippen molar-refractivity contribution in [2.75, 3.05) is 39.3 Å². The predicted octanol–water partition coefficient (Wildman–Crippen LogP) is -2.06. The Bertz CT molecular complexity index is 330. The van der Waals surface area contributed by atoms with Crippen molar-refractivity contribution in [2.24, 2.45) is 0 Å². The number of aliphatic hydroxyl groups is 1. The smallest absolute Gasteiger partial charge is 0.326 e. The molecule has 0 saturated carbocycles. The molecule has 7 heteroatoms. The van der Waals surface area contributed by atoms with Gasteiger partial charge in [0.1, 0.15) is 6.04 Å². The Morgan fingerprint density at radius 3 is 2.56 bits per heavy atom. The summed E-state index contributed by atoms with van der Waals surface area (Å²) in [6.07, 6.45) is -0.596. The topological polar surface area (TPSA) is 93.1 Å². The lowest BCUT2D eigenvalue weighted by Gasteiger charge is -2.29. The second kappa shape index (κ2) is 5.64. The average Bonchev–Trinajstić information content (AvgIpc) is 2.73. The predicted molar refractivity (Wildman–Crippen MR) is 63.1 cm³/mol. The molecular weight excluding hydrogens is 238 g/mol. The SMILES string of the molecule is O=C(O)[C@@H]1C[C@@H](O)CN1C(=O)CN1CCNCC1. The lowest BCUT2D eigenvalue weighted by Crippen LogP contribution is -2.50. The van der Waals surface area contributed by atoms with Gasteiger partial charge in [0, 0.05) is 39.1 Å². The second-order valence-electron chi connectivity index (χ2n) is 4.82. The van der Waals surface area contributed by atoms with Crippen molar-refractivity contribution in [3.05, 3.63) is 0 Å². The highest BCUT2D eigenvalue weighted by Gasteiger charge is 2.39. The van der Waals surface area contributed by atoms with Crippen molar-refractivity contribution in [1.29, 1.82) is 0 Å². The molecule has 2 aliphatic heterocycles. The fraction of sp³-hybridized carbons (Fsp3) is 0.818. The monoisotopic (exact) mass is 257 g/mol. The van der Waals surface area contributed by atoms with Crippen molar-refractivity contribution in [3.8, 4) is 0 Å². The number of amides is 1. The van der Waals surface area contributed by atoms with E-state index in [0.717, 1.165) is 26.2 Å². The molecule has 0 aliphatic carbocycles. The number of hydrogen-bond acceptors (Lipinski definition) is 5. The fourth-order valence-corrected chi connectivity index (χ4v) is 2.47. The molecule has 0 bridgehead atoms. The number of nitrogens with one attached hydrogen (secondary N) is 1. The van der Waals surface area contributed by atoms with Gasteiger partial charge in [-0.1, -0.05) is 0 Å². The number of carboxylic acid groups (broad SMARTS) is 1. The fourth-order valence-electron chi connectivity index (χ4n) is 2.47. The third kappa shape index (κ3) is 2.98. The van der Waals surface area contributed by atoms with Crippen LogP contribution < -0.4 is 5.32 Å². The molecule has 2 atom stereocenters. The van der Waals surface area contributed by atoms with E-state index in [1.807, 2.05) is 4.90 Å². The molecule has 2 aliphatic rings. The van der Waals surface area contributed by atoms with Crippen LogP contribution in [-0.4, -0.2) is 83.3 Å². The Morgan fingerprint density at radius 2 is 1.94 bits per heavy atom. The highest BCUT2D eigenvalue weighted by Crippen LogP contribution is 2.18.